The third kappa shape index (κ3) is 6.25. The van der Waals surface area contributed by atoms with E-state index in [4.69, 9.17) is 0 Å². The van der Waals surface area contributed by atoms with E-state index in [1.807, 2.05) is 0 Å². The Bertz CT molecular complexity index is 463. The van der Waals surface area contributed by atoms with E-state index >= 15 is 0 Å². The van der Waals surface area contributed by atoms with Gasteiger partial charge in [-0.3, -0.25) is 9.69 Å². The molecule has 0 radical (unpaired) electrons. The van der Waals surface area contributed by atoms with Crippen LogP contribution in [0.15, 0.2) is 30.3 Å². The SMILES string of the molecule is CCCN(CCC)CCC(=O)N1CCN(Cc2ccccc2)CC1. The average Bonchev–Trinajstić information content (AvgIpc) is 2.61. The number of carbonyl (C=O) groups is 1. The van der Waals surface area contributed by atoms with Crippen molar-refractivity contribution in [2.24, 2.45) is 0 Å². The largest absolute Gasteiger partial charge is 0.340 e. The molecular weight excluding hydrogens is 298 g/mol. The molecule has 4 heteroatoms. The van der Waals surface area contributed by atoms with Crippen molar-refractivity contribution >= 4 is 5.91 Å². The van der Waals surface area contributed by atoms with Gasteiger partial charge in [-0.25, -0.2) is 0 Å². The van der Waals surface area contributed by atoms with Gasteiger partial charge in [-0.2, -0.15) is 0 Å². The second-order valence-corrected chi connectivity index (χ2v) is 6.73. The lowest BCUT2D eigenvalue weighted by atomic mass is 10.2. The highest BCUT2D eigenvalue weighted by Crippen LogP contribution is 2.09. The van der Waals surface area contributed by atoms with Crippen LogP contribution in [0.4, 0.5) is 0 Å². The number of benzene rings is 1. The molecule has 134 valence electrons. The van der Waals surface area contributed by atoms with Crippen molar-refractivity contribution in [2.75, 3.05) is 45.8 Å². The first kappa shape index (κ1) is 18.9. The van der Waals surface area contributed by atoms with E-state index in [-0.39, 0.29) is 0 Å². The maximum atomic E-state index is 12.5. The lowest BCUT2D eigenvalue weighted by molar-refractivity contribution is -0.133. The van der Waals surface area contributed by atoms with Crippen LogP contribution in [0.3, 0.4) is 0 Å². The van der Waals surface area contributed by atoms with Crippen LogP contribution in [0.5, 0.6) is 0 Å². The molecule has 0 spiro atoms. The molecule has 0 saturated carbocycles. The molecule has 1 fully saturated rings. The molecule has 0 aromatic heterocycles. The Balaban J connectivity index is 1.70. The summed E-state index contributed by atoms with van der Waals surface area (Å²) >= 11 is 0. The van der Waals surface area contributed by atoms with Gasteiger partial charge in [0.2, 0.25) is 5.91 Å². The number of rotatable bonds is 9. The van der Waals surface area contributed by atoms with Gasteiger partial charge in [0.15, 0.2) is 0 Å². The predicted octanol–water partition coefficient (Wildman–Crippen LogP) is 2.84. The van der Waals surface area contributed by atoms with Crippen molar-refractivity contribution in [3.05, 3.63) is 35.9 Å². The fourth-order valence-electron chi connectivity index (χ4n) is 3.38. The molecule has 24 heavy (non-hydrogen) atoms. The van der Waals surface area contributed by atoms with Crippen molar-refractivity contribution < 1.29 is 4.79 Å². The summed E-state index contributed by atoms with van der Waals surface area (Å²) in [5, 5.41) is 0. The van der Waals surface area contributed by atoms with Gasteiger partial charge in [-0.1, -0.05) is 44.2 Å². The Hall–Kier alpha value is -1.39. The van der Waals surface area contributed by atoms with E-state index in [1.165, 1.54) is 5.56 Å². The first-order valence-electron chi connectivity index (χ1n) is 9.49. The van der Waals surface area contributed by atoms with Crippen LogP contribution in [-0.4, -0.2) is 66.4 Å². The Labute approximate surface area is 147 Å². The first-order chi connectivity index (χ1) is 11.7. The molecule has 0 unspecified atom stereocenters. The number of hydrogen-bond donors (Lipinski definition) is 0. The number of hydrogen-bond acceptors (Lipinski definition) is 3. The highest BCUT2D eigenvalue weighted by atomic mass is 16.2. The smallest absolute Gasteiger partial charge is 0.223 e. The molecule has 1 aliphatic heterocycles. The van der Waals surface area contributed by atoms with Crippen LogP contribution >= 0.6 is 0 Å². The summed E-state index contributed by atoms with van der Waals surface area (Å²) in [5.41, 5.74) is 1.35. The van der Waals surface area contributed by atoms with Gasteiger partial charge in [0, 0.05) is 45.7 Å². The number of piperazine rings is 1. The molecule has 1 amide bonds. The lowest BCUT2D eigenvalue weighted by Crippen LogP contribution is -2.48. The topological polar surface area (TPSA) is 26.8 Å². The molecule has 0 bridgehead atoms. The third-order valence-corrected chi connectivity index (χ3v) is 4.70. The van der Waals surface area contributed by atoms with Gasteiger partial charge in [-0.05, 0) is 31.5 Å². The monoisotopic (exact) mass is 331 g/mol. The van der Waals surface area contributed by atoms with Crippen molar-refractivity contribution in [1.29, 1.82) is 0 Å². The van der Waals surface area contributed by atoms with Crippen LogP contribution < -0.4 is 0 Å². The fourth-order valence-corrected chi connectivity index (χ4v) is 3.38. The zero-order valence-electron chi connectivity index (χ0n) is 15.4. The van der Waals surface area contributed by atoms with Crippen molar-refractivity contribution in [2.45, 2.75) is 39.7 Å². The molecule has 1 aromatic rings. The van der Waals surface area contributed by atoms with E-state index in [0.717, 1.165) is 65.2 Å². The molecule has 0 N–H and O–H groups in total. The van der Waals surface area contributed by atoms with E-state index in [9.17, 15) is 4.79 Å². The Morgan fingerprint density at radius 1 is 0.958 bits per heavy atom. The maximum Gasteiger partial charge on any atom is 0.223 e. The second kappa shape index (κ2) is 10.5. The minimum atomic E-state index is 0.326. The van der Waals surface area contributed by atoms with Gasteiger partial charge in [0.05, 0.1) is 0 Å². The van der Waals surface area contributed by atoms with Gasteiger partial charge < -0.3 is 9.80 Å². The highest BCUT2D eigenvalue weighted by molar-refractivity contribution is 5.76. The standard InChI is InChI=1S/C20H33N3O/c1-3-11-21(12-4-2)13-10-20(24)23-16-14-22(15-17-23)18-19-8-6-5-7-9-19/h5-9H,3-4,10-18H2,1-2H3. The minimum Gasteiger partial charge on any atom is -0.340 e. The second-order valence-electron chi connectivity index (χ2n) is 6.73. The lowest BCUT2D eigenvalue weighted by Gasteiger charge is -2.35. The average molecular weight is 332 g/mol. The Morgan fingerprint density at radius 2 is 1.58 bits per heavy atom. The van der Waals surface area contributed by atoms with Crippen molar-refractivity contribution in [3.63, 3.8) is 0 Å². The summed E-state index contributed by atoms with van der Waals surface area (Å²) in [6.07, 6.45) is 2.98. The normalized spacial score (nSPS) is 15.9. The summed E-state index contributed by atoms with van der Waals surface area (Å²) in [7, 11) is 0. The summed E-state index contributed by atoms with van der Waals surface area (Å²) < 4.78 is 0. The first-order valence-corrected chi connectivity index (χ1v) is 9.49. The van der Waals surface area contributed by atoms with E-state index in [0.29, 0.717) is 12.3 Å². The van der Waals surface area contributed by atoms with Gasteiger partial charge >= 0.3 is 0 Å². The number of carbonyl (C=O) groups excluding carboxylic acids is 1. The maximum absolute atomic E-state index is 12.5. The van der Waals surface area contributed by atoms with Crippen LogP contribution in [-0.2, 0) is 11.3 Å². The van der Waals surface area contributed by atoms with Gasteiger partial charge in [0.25, 0.3) is 0 Å². The molecule has 1 aromatic carbocycles. The fraction of sp³-hybridized carbons (Fsp3) is 0.650. The summed E-state index contributed by atoms with van der Waals surface area (Å²) in [5.74, 6) is 0.326. The van der Waals surface area contributed by atoms with E-state index in [2.05, 4.69) is 58.9 Å². The van der Waals surface area contributed by atoms with Gasteiger partial charge in [0.1, 0.15) is 0 Å². The Morgan fingerprint density at radius 3 is 2.17 bits per heavy atom. The number of nitrogens with zero attached hydrogens (tertiary/aromatic N) is 3. The molecule has 1 aliphatic rings. The Kier molecular flexibility index (Phi) is 8.26. The molecule has 0 aliphatic carbocycles. The molecule has 2 rings (SSSR count). The van der Waals surface area contributed by atoms with Crippen LogP contribution in [0.2, 0.25) is 0 Å². The minimum absolute atomic E-state index is 0.326. The predicted molar refractivity (Wildman–Crippen MR) is 99.9 cm³/mol. The zero-order chi connectivity index (χ0) is 17.2. The van der Waals surface area contributed by atoms with Crippen molar-refractivity contribution in [1.82, 2.24) is 14.7 Å². The van der Waals surface area contributed by atoms with Gasteiger partial charge in [-0.15, -0.1) is 0 Å². The summed E-state index contributed by atoms with van der Waals surface area (Å²) in [6, 6.07) is 10.6. The zero-order valence-corrected chi connectivity index (χ0v) is 15.4. The van der Waals surface area contributed by atoms with E-state index in [1.54, 1.807) is 0 Å². The summed E-state index contributed by atoms with van der Waals surface area (Å²) in [4.78, 5) is 19.4. The molecule has 1 heterocycles. The van der Waals surface area contributed by atoms with E-state index < -0.39 is 0 Å². The molecule has 0 atom stereocenters. The molecule has 1 saturated heterocycles. The van der Waals surface area contributed by atoms with Crippen molar-refractivity contribution in [3.8, 4) is 0 Å². The third-order valence-electron chi connectivity index (χ3n) is 4.70. The summed E-state index contributed by atoms with van der Waals surface area (Å²) in [6.45, 7) is 12.2. The van der Waals surface area contributed by atoms with Crippen LogP contribution in [0, 0.1) is 0 Å². The number of amides is 1. The van der Waals surface area contributed by atoms with Crippen LogP contribution in [0.25, 0.3) is 0 Å². The van der Waals surface area contributed by atoms with Crippen LogP contribution in [0.1, 0.15) is 38.7 Å². The molecule has 4 nitrogen and oxygen atoms in total. The quantitative estimate of drug-likeness (QED) is 0.696. The highest BCUT2D eigenvalue weighted by Gasteiger charge is 2.21. The molecular formula is C20H33N3O.